The minimum absolute atomic E-state index is 0.0656. The quantitative estimate of drug-likeness (QED) is 0.317. The number of benzene rings is 3. The van der Waals surface area contributed by atoms with Crippen LogP contribution >= 0.6 is 11.8 Å². The monoisotopic (exact) mass is 495 g/mol. The lowest BCUT2D eigenvalue weighted by Gasteiger charge is -2.12. The summed E-state index contributed by atoms with van der Waals surface area (Å²) in [6, 6.07) is 18.2. The number of nitrogens with zero attached hydrogens (tertiary/aromatic N) is 3. The highest BCUT2D eigenvalue weighted by atomic mass is 32.2. The van der Waals surface area contributed by atoms with Crippen LogP contribution in [0.5, 0.6) is 5.75 Å². The van der Waals surface area contributed by atoms with Gasteiger partial charge in [0.15, 0.2) is 22.6 Å². The highest BCUT2D eigenvalue weighted by Crippen LogP contribution is 2.27. The van der Waals surface area contributed by atoms with Crippen LogP contribution in [0.15, 0.2) is 71.9 Å². The van der Waals surface area contributed by atoms with Crippen molar-refractivity contribution < 1.29 is 18.3 Å². The number of methoxy groups -OCH3 is 1. The van der Waals surface area contributed by atoms with Crippen molar-refractivity contribution in [2.45, 2.75) is 24.4 Å². The number of ether oxygens (including phenoxy) is 1. The van der Waals surface area contributed by atoms with E-state index in [1.165, 1.54) is 17.8 Å². The number of urea groups is 1. The predicted octanol–water partition coefficient (Wildman–Crippen LogP) is 5.48. The van der Waals surface area contributed by atoms with Gasteiger partial charge in [0.1, 0.15) is 5.75 Å². The maximum absolute atomic E-state index is 13.4. The van der Waals surface area contributed by atoms with Gasteiger partial charge in [-0.3, -0.25) is 4.57 Å². The van der Waals surface area contributed by atoms with Crippen LogP contribution in [0.4, 0.5) is 19.3 Å². The SMILES string of the molecule is COc1cccc(CSc2nnc(CNC(=O)Nc3ccc(F)c(F)c3)n2-c2ccc(C)cc2)c1. The van der Waals surface area contributed by atoms with E-state index in [1.807, 2.05) is 60.0 Å². The number of hydrogen-bond donors (Lipinski definition) is 2. The molecule has 4 aromatic rings. The van der Waals surface area contributed by atoms with Gasteiger partial charge in [0.05, 0.1) is 13.7 Å². The molecule has 180 valence electrons. The van der Waals surface area contributed by atoms with Crippen LogP contribution in [0.25, 0.3) is 5.69 Å². The van der Waals surface area contributed by atoms with E-state index < -0.39 is 17.7 Å². The van der Waals surface area contributed by atoms with Crippen molar-refractivity contribution >= 4 is 23.5 Å². The van der Waals surface area contributed by atoms with Gasteiger partial charge in [-0.2, -0.15) is 0 Å². The number of carbonyl (C=O) groups excluding carboxylic acids is 1. The number of nitrogens with one attached hydrogen (secondary N) is 2. The van der Waals surface area contributed by atoms with Gasteiger partial charge in [-0.05, 0) is 48.9 Å². The molecule has 10 heteroatoms. The van der Waals surface area contributed by atoms with Crippen molar-refractivity contribution in [1.82, 2.24) is 20.1 Å². The van der Waals surface area contributed by atoms with Crippen molar-refractivity contribution in [1.29, 1.82) is 0 Å². The maximum atomic E-state index is 13.4. The van der Waals surface area contributed by atoms with Gasteiger partial charge < -0.3 is 15.4 Å². The molecule has 4 rings (SSSR count). The van der Waals surface area contributed by atoms with Crippen LogP contribution in [0.3, 0.4) is 0 Å². The molecule has 0 atom stereocenters. The topological polar surface area (TPSA) is 81.1 Å². The Hall–Kier alpha value is -3.92. The Balaban J connectivity index is 1.51. The molecule has 0 aliphatic carbocycles. The van der Waals surface area contributed by atoms with E-state index in [-0.39, 0.29) is 12.2 Å². The first-order valence-electron chi connectivity index (χ1n) is 10.7. The highest BCUT2D eigenvalue weighted by Gasteiger charge is 2.16. The number of halogens is 2. The van der Waals surface area contributed by atoms with Crippen molar-refractivity contribution in [2.75, 3.05) is 12.4 Å². The first-order valence-corrected chi connectivity index (χ1v) is 11.7. The second-order valence-electron chi connectivity index (χ2n) is 7.65. The summed E-state index contributed by atoms with van der Waals surface area (Å²) in [4.78, 5) is 12.3. The van der Waals surface area contributed by atoms with Crippen LogP contribution in [-0.2, 0) is 12.3 Å². The number of aromatic nitrogens is 3. The molecule has 0 fully saturated rings. The molecule has 0 saturated heterocycles. The molecule has 2 amide bonds. The van der Waals surface area contributed by atoms with Crippen LogP contribution in [0.2, 0.25) is 0 Å². The van der Waals surface area contributed by atoms with Crippen molar-refractivity contribution in [3.8, 4) is 11.4 Å². The molecule has 7 nitrogen and oxygen atoms in total. The molecule has 0 unspecified atom stereocenters. The number of thioether (sulfide) groups is 1. The van der Waals surface area contributed by atoms with Gasteiger partial charge in [-0.25, -0.2) is 13.6 Å². The van der Waals surface area contributed by atoms with E-state index in [0.29, 0.717) is 16.7 Å². The molecule has 1 heterocycles. The fourth-order valence-corrected chi connectivity index (χ4v) is 4.19. The molecule has 0 saturated carbocycles. The third-order valence-electron chi connectivity index (χ3n) is 5.08. The highest BCUT2D eigenvalue weighted by molar-refractivity contribution is 7.98. The molecular weight excluding hydrogens is 472 g/mol. The van der Waals surface area contributed by atoms with E-state index in [2.05, 4.69) is 20.8 Å². The summed E-state index contributed by atoms with van der Waals surface area (Å²) in [5.41, 5.74) is 3.17. The molecule has 0 spiro atoms. The Labute approximate surface area is 205 Å². The predicted molar refractivity (Wildman–Crippen MR) is 131 cm³/mol. The molecule has 1 aromatic heterocycles. The van der Waals surface area contributed by atoms with Crippen LogP contribution in [-0.4, -0.2) is 27.9 Å². The van der Waals surface area contributed by atoms with E-state index >= 15 is 0 Å². The lowest BCUT2D eigenvalue weighted by Crippen LogP contribution is -2.29. The van der Waals surface area contributed by atoms with Crippen LogP contribution in [0.1, 0.15) is 17.0 Å². The number of rotatable bonds is 8. The van der Waals surface area contributed by atoms with Gasteiger partial charge in [0.25, 0.3) is 0 Å². The lowest BCUT2D eigenvalue weighted by atomic mass is 10.2. The molecule has 0 aliphatic heterocycles. The summed E-state index contributed by atoms with van der Waals surface area (Å²) >= 11 is 1.51. The number of aryl methyl sites for hydroxylation is 1. The largest absolute Gasteiger partial charge is 0.497 e. The summed E-state index contributed by atoms with van der Waals surface area (Å²) in [5, 5.41) is 14.4. The number of anilines is 1. The lowest BCUT2D eigenvalue weighted by molar-refractivity contribution is 0.251. The zero-order valence-electron chi connectivity index (χ0n) is 19.1. The molecular formula is C25H23F2N5O2S. The van der Waals surface area contributed by atoms with Gasteiger partial charge in [-0.1, -0.05) is 41.6 Å². The van der Waals surface area contributed by atoms with Gasteiger partial charge in [-0.15, -0.1) is 10.2 Å². The first-order chi connectivity index (χ1) is 16.9. The summed E-state index contributed by atoms with van der Waals surface area (Å²) < 4.78 is 33.7. The average Bonchev–Trinajstić information content (AvgIpc) is 3.27. The first kappa shape index (κ1) is 24.2. The third kappa shape index (κ3) is 6.15. The van der Waals surface area contributed by atoms with Crippen molar-refractivity contribution in [3.63, 3.8) is 0 Å². The summed E-state index contributed by atoms with van der Waals surface area (Å²) in [6.07, 6.45) is 0. The number of hydrogen-bond acceptors (Lipinski definition) is 5. The molecule has 0 radical (unpaired) electrons. The van der Waals surface area contributed by atoms with Gasteiger partial charge in [0, 0.05) is 23.2 Å². The zero-order valence-corrected chi connectivity index (χ0v) is 19.9. The zero-order chi connectivity index (χ0) is 24.8. The third-order valence-corrected chi connectivity index (χ3v) is 6.08. The second-order valence-corrected chi connectivity index (χ2v) is 8.59. The molecule has 3 aromatic carbocycles. The molecule has 0 bridgehead atoms. The van der Waals surface area contributed by atoms with E-state index in [1.54, 1.807) is 7.11 Å². The normalized spacial score (nSPS) is 10.7. The van der Waals surface area contributed by atoms with E-state index in [0.717, 1.165) is 34.7 Å². The molecule has 35 heavy (non-hydrogen) atoms. The van der Waals surface area contributed by atoms with Crippen molar-refractivity contribution in [2.24, 2.45) is 0 Å². The number of amides is 2. The molecule has 0 aliphatic rings. The average molecular weight is 496 g/mol. The maximum Gasteiger partial charge on any atom is 0.319 e. The standard InChI is InChI=1S/C25H23F2N5O2S/c1-16-6-9-19(10-7-16)32-23(14-28-24(33)29-18-8-11-21(26)22(27)13-18)30-31-25(32)35-15-17-4-3-5-20(12-17)34-2/h3-13H,14-15H2,1-2H3,(H2,28,29,33). The Morgan fingerprint density at radius 3 is 2.57 bits per heavy atom. The molecule has 2 N–H and O–H groups in total. The second kappa shape index (κ2) is 11.0. The Morgan fingerprint density at radius 1 is 1.03 bits per heavy atom. The van der Waals surface area contributed by atoms with Crippen molar-refractivity contribution in [3.05, 3.63) is 95.3 Å². The number of carbonyl (C=O) groups is 1. The Kier molecular flexibility index (Phi) is 7.61. The van der Waals surface area contributed by atoms with E-state index in [9.17, 15) is 13.6 Å². The minimum atomic E-state index is -1.04. The Bertz CT molecular complexity index is 1330. The smallest absolute Gasteiger partial charge is 0.319 e. The fourth-order valence-electron chi connectivity index (χ4n) is 3.28. The summed E-state index contributed by atoms with van der Waals surface area (Å²) in [6.45, 7) is 2.07. The summed E-state index contributed by atoms with van der Waals surface area (Å²) in [5.74, 6) is -0.0890. The summed E-state index contributed by atoms with van der Waals surface area (Å²) in [7, 11) is 1.63. The minimum Gasteiger partial charge on any atom is -0.497 e. The van der Waals surface area contributed by atoms with Gasteiger partial charge in [0.2, 0.25) is 0 Å². The van der Waals surface area contributed by atoms with Gasteiger partial charge >= 0.3 is 6.03 Å². The van der Waals surface area contributed by atoms with Crippen LogP contribution in [0, 0.1) is 18.6 Å². The van der Waals surface area contributed by atoms with Crippen LogP contribution < -0.4 is 15.4 Å². The van der Waals surface area contributed by atoms with E-state index in [4.69, 9.17) is 4.74 Å². The Morgan fingerprint density at radius 2 is 1.83 bits per heavy atom. The fraction of sp³-hybridized carbons (Fsp3) is 0.160.